The number of hydrogen-bond donors (Lipinski definition) is 2. The monoisotopic (exact) mass is 458 g/mol. The molecular weight excluding hydrogens is 432 g/mol. The largest absolute Gasteiger partial charge is 0.340 e. The predicted octanol–water partition coefficient (Wildman–Crippen LogP) is 6.20. The number of benzene rings is 2. The van der Waals surface area contributed by atoms with Gasteiger partial charge in [0.05, 0.1) is 5.69 Å². The standard InChI is InChI=1S/C25H26N6OS/c1-4-17(5-2)24-30-31-25(33-24)29-23(32)19-12-9-13-20(14-19)28-22-15-21(26-16(3)27-22)18-10-7-6-8-11-18/h6-15,17H,4-5H2,1-3H3,(H,26,27,28)(H,29,31,32). The van der Waals surface area contributed by atoms with Crippen LogP contribution in [0.1, 0.15) is 53.8 Å². The summed E-state index contributed by atoms with van der Waals surface area (Å²) in [5, 5.41) is 16.0. The van der Waals surface area contributed by atoms with E-state index in [0.717, 1.165) is 34.8 Å². The fourth-order valence-electron chi connectivity index (χ4n) is 3.53. The quantitative estimate of drug-likeness (QED) is 0.326. The van der Waals surface area contributed by atoms with Crippen molar-refractivity contribution in [1.29, 1.82) is 0 Å². The van der Waals surface area contributed by atoms with E-state index in [1.807, 2.05) is 55.5 Å². The van der Waals surface area contributed by atoms with Crippen LogP contribution in [0.3, 0.4) is 0 Å². The average molecular weight is 459 g/mol. The number of anilines is 3. The molecule has 2 aromatic carbocycles. The van der Waals surface area contributed by atoms with E-state index in [1.165, 1.54) is 11.3 Å². The number of rotatable bonds is 8. The van der Waals surface area contributed by atoms with Crippen molar-refractivity contribution in [1.82, 2.24) is 20.2 Å². The Morgan fingerprint density at radius 3 is 2.52 bits per heavy atom. The Morgan fingerprint density at radius 1 is 0.970 bits per heavy atom. The third-order valence-electron chi connectivity index (χ3n) is 5.30. The minimum absolute atomic E-state index is 0.227. The van der Waals surface area contributed by atoms with Crippen molar-refractivity contribution in [2.24, 2.45) is 0 Å². The molecule has 2 heterocycles. The molecule has 2 N–H and O–H groups in total. The number of carbonyl (C=O) groups excluding carboxylic acids is 1. The number of aromatic nitrogens is 4. The van der Waals surface area contributed by atoms with Crippen LogP contribution in [0.2, 0.25) is 0 Å². The first-order valence-corrected chi connectivity index (χ1v) is 11.8. The molecule has 8 heteroatoms. The van der Waals surface area contributed by atoms with E-state index in [1.54, 1.807) is 12.1 Å². The lowest BCUT2D eigenvalue weighted by Crippen LogP contribution is -2.12. The van der Waals surface area contributed by atoms with Crippen LogP contribution in [0.4, 0.5) is 16.6 Å². The van der Waals surface area contributed by atoms with Gasteiger partial charge in [0.2, 0.25) is 5.13 Å². The Bertz CT molecular complexity index is 1240. The molecule has 0 saturated carbocycles. The van der Waals surface area contributed by atoms with Gasteiger partial charge in [0.15, 0.2) is 0 Å². The van der Waals surface area contributed by atoms with Gasteiger partial charge in [-0.05, 0) is 38.0 Å². The summed E-state index contributed by atoms with van der Waals surface area (Å²) in [7, 11) is 0. The zero-order valence-electron chi connectivity index (χ0n) is 18.9. The molecule has 0 saturated heterocycles. The lowest BCUT2D eigenvalue weighted by atomic mass is 10.1. The number of nitrogens with one attached hydrogen (secondary N) is 2. The van der Waals surface area contributed by atoms with E-state index in [4.69, 9.17) is 0 Å². The Hall–Kier alpha value is -3.65. The van der Waals surface area contributed by atoms with Gasteiger partial charge in [0.1, 0.15) is 16.6 Å². The first-order chi connectivity index (χ1) is 16.1. The van der Waals surface area contributed by atoms with Gasteiger partial charge in [0, 0.05) is 28.8 Å². The molecule has 1 amide bonds. The van der Waals surface area contributed by atoms with Gasteiger partial charge < -0.3 is 5.32 Å². The zero-order valence-corrected chi connectivity index (χ0v) is 19.7. The second-order valence-corrected chi connectivity index (χ2v) is 8.68. The lowest BCUT2D eigenvalue weighted by molar-refractivity contribution is 0.102. The Labute approximate surface area is 197 Å². The van der Waals surface area contributed by atoms with Crippen LogP contribution in [0.15, 0.2) is 60.7 Å². The molecule has 168 valence electrons. The molecule has 4 aromatic rings. The van der Waals surface area contributed by atoms with Crippen LogP contribution in [0, 0.1) is 6.92 Å². The van der Waals surface area contributed by atoms with Crippen molar-refractivity contribution in [2.45, 2.75) is 39.5 Å². The number of hydrogen-bond acceptors (Lipinski definition) is 7. The van der Waals surface area contributed by atoms with E-state index in [2.05, 4.69) is 44.6 Å². The molecule has 0 aliphatic heterocycles. The summed E-state index contributed by atoms with van der Waals surface area (Å²) in [6, 6.07) is 19.1. The summed E-state index contributed by atoms with van der Waals surface area (Å²) in [5.74, 6) is 1.47. The summed E-state index contributed by atoms with van der Waals surface area (Å²) < 4.78 is 0. The summed E-state index contributed by atoms with van der Waals surface area (Å²) in [4.78, 5) is 21.8. The van der Waals surface area contributed by atoms with Crippen LogP contribution < -0.4 is 10.6 Å². The fraction of sp³-hybridized carbons (Fsp3) is 0.240. The van der Waals surface area contributed by atoms with Crippen molar-refractivity contribution < 1.29 is 4.79 Å². The highest BCUT2D eigenvalue weighted by molar-refractivity contribution is 7.15. The second kappa shape index (κ2) is 10.3. The first-order valence-electron chi connectivity index (χ1n) is 11.0. The molecule has 0 aliphatic rings. The van der Waals surface area contributed by atoms with Crippen molar-refractivity contribution in [3.63, 3.8) is 0 Å². The molecule has 0 atom stereocenters. The first kappa shape index (κ1) is 22.5. The van der Waals surface area contributed by atoms with E-state index in [0.29, 0.717) is 28.3 Å². The highest BCUT2D eigenvalue weighted by Crippen LogP contribution is 2.28. The topological polar surface area (TPSA) is 92.7 Å². The number of carbonyl (C=O) groups is 1. The van der Waals surface area contributed by atoms with Gasteiger partial charge in [-0.15, -0.1) is 10.2 Å². The van der Waals surface area contributed by atoms with Gasteiger partial charge in [-0.25, -0.2) is 9.97 Å². The van der Waals surface area contributed by atoms with Gasteiger partial charge in [0.25, 0.3) is 5.91 Å². The SMILES string of the molecule is CCC(CC)c1nnc(NC(=O)c2cccc(Nc3cc(-c4ccccc4)nc(C)n3)c2)s1. The van der Waals surface area contributed by atoms with Gasteiger partial charge in [-0.3, -0.25) is 10.1 Å². The summed E-state index contributed by atoms with van der Waals surface area (Å²) in [5.41, 5.74) is 3.14. The van der Waals surface area contributed by atoms with E-state index in [-0.39, 0.29) is 5.91 Å². The van der Waals surface area contributed by atoms with Crippen LogP contribution in [-0.4, -0.2) is 26.1 Å². The predicted molar refractivity (Wildman–Crippen MR) is 133 cm³/mol. The molecule has 0 unspecified atom stereocenters. The lowest BCUT2D eigenvalue weighted by Gasteiger charge is -2.10. The zero-order chi connectivity index (χ0) is 23.2. The van der Waals surface area contributed by atoms with Crippen molar-refractivity contribution in [3.8, 4) is 11.3 Å². The minimum Gasteiger partial charge on any atom is -0.340 e. The van der Waals surface area contributed by atoms with Crippen molar-refractivity contribution in [2.75, 3.05) is 10.6 Å². The van der Waals surface area contributed by atoms with Gasteiger partial charge in [-0.2, -0.15) is 0 Å². The molecule has 2 aromatic heterocycles. The molecule has 0 aliphatic carbocycles. The van der Waals surface area contributed by atoms with E-state index < -0.39 is 0 Å². The Kier molecular flexibility index (Phi) is 7.04. The number of amides is 1. The van der Waals surface area contributed by atoms with Gasteiger partial charge >= 0.3 is 0 Å². The maximum atomic E-state index is 12.8. The third-order valence-corrected chi connectivity index (χ3v) is 6.30. The van der Waals surface area contributed by atoms with E-state index >= 15 is 0 Å². The summed E-state index contributed by atoms with van der Waals surface area (Å²) in [6.45, 7) is 6.13. The van der Waals surface area contributed by atoms with Crippen LogP contribution in [0.5, 0.6) is 0 Å². The molecule has 0 bridgehead atoms. The smallest absolute Gasteiger partial charge is 0.257 e. The minimum atomic E-state index is -0.227. The number of nitrogens with zero attached hydrogens (tertiary/aromatic N) is 4. The van der Waals surface area contributed by atoms with Crippen molar-refractivity contribution in [3.05, 3.63) is 77.1 Å². The fourth-order valence-corrected chi connectivity index (χ4v) is 4.54. The Morgan fingerprint density at radius 2 is 1.76 bits per heavy atom. The number of aryl methyl sites for hydroxylation is 1. The van der Waals surface area contributed by atoms with Gasteiger partial charge in [-0.1, -0.05) is 61.6 Å². The second-order valence-electron chi connectivity index (χ2n) is 7.67. The normalized spacial score (nSPS) is 10.9. The van der Waals surface area contributed by atoms with Crippen LogP contribution in [0.25, 0.3) is 11.3 Å². The van der Waals surface area contributed by atoms with Crippen LogP contribution >= 0.6 is 11.3 Å². The molecule has 0 spiro atoms. The molecular formula is C25H26N6OS. The van der Waals surface area contributed by atoms with Crippen molar-refractivity contribution >= 4 is 33.9 Å². The molecule has 0 radical (unpaired) electrons. The molecule has 4 rings (SSSR count). The maximum absolute atomic E-state index is 12.8. The molecule has 33 heavy (non-hydrogen) atoms. The summed E-state index contributed by atoms with van der Waals surface area (Å²) in [6.07, 6.45) is 2.00. The molecule has 7 nitrogen and oxygen atoms in total. The third kappa shape index (κ3) is 5.59. The molecule has 0 fully saturated rings. The van der Waals surface area contributed by atoms with E-state index in [9.17, 15) is 4.79 Å². The average Bonchev–Trinajstić information content (AvgIpc) is 3.28. The highest BCUT2D eigenvalue weighted by Gasteiger charge is 2.15. The Balaban J connectivity index is 1.49. The summed E-state index contributed by atoms with van der Waals surface area (Å²) >= 11 is 1.43. The maximum Gasteiger partial charge on any atom is 0.257 e. The highest BCUT2D eigenvalue weighted by atomic mass is 32.1. The van der Waals surface area contributed by atoms with Crippen LogP contribution in [-0.2, 0) is 0 Å².